The van der Waals surface area contributed by atoms with Crippen molar-refractivity contribution in [2.45, 2.75) is 6.42 Å². The number of pyridine rings is 1. The lowest BCUT2D eigenvalue weighted by Gasteiger charge is -2.13. The van der Waals surface area contributed by atoms with Gasteiger partial charge in [0, 0.05) is 36.8 Å². The van der Waals surface area contributed by atoms with E-state index in [1.807, 2.05) is 0 Å². The molecule has 5 aromatic rings. The van der Waals surface area contributed by atoms with Gasteiger partial charge in [0.15, 0.2) is 11.5 Å². The van der Waals surface area contributed by atoms with Crippen LogP contribution in [0.2, 0.25) is 0 Å². The molecule has 12 heteroatoms. The largest absolute Gasteiger partial charge is 0.493 e. The second kappa shape index (κ2) is 11.5. The number of hydrogen-bond acceptors (Lipinski definition) is 7. The van der Waals surface area contributed by atoms with Crippen molar-refractivity contribution in [3.8, 4) is 22.9 Å². The monoisotopic (exact) mass is 574 g/mol. The summed E-state index contributed by atoms with van der Waals surface area (Å²) in [6, 6.07) is 14.1. The molecule has 5 rings (SSSR count). The van der Waals surface area contributed by atoms with E-state index in [4.69, 9.17) is 14.2 Å². The van der Waals surface area contributed by atoms with Crippen LogP contribution in [0.25, 0.3) is 16.6 Å². The number of aromatic nitrogens is 3. The molecule has 214 valence electrons. The molecular weight excluding hydrogens is 550 g/mol. The zero-order chi connectivity index (χ0) is 30.0. The first-order valence-corrected chi connectivity index (χ1v) is 12.5. The van der Waals surface area contributed by atoms with Gasteiger partial charge in [-0.05, 0) is 59.7 Å². The highest BCUT2D eigenvalue weighted by Crippen LogP contribution is 2.33. The Hall–Kier alpha value is -5.52. The van der Waals surface area contributed by atoms with Gasteiger partial charge in [-0.1, -0.05) is 6.07 Å². The molecule has 1 N–H and O–H groups in total. The molecule has 0 spiro atoms. The molecule has 0 atom stereocenters. The van der Waals surface area contributed by atoms with E-state index in [2.05, 4.69) is 10.3 Å². The first-order chi connectivity index (χ1) is 20.2. The standard InChI is InChI=1S/C30H24F2N4O6/c1-35-16-27(28(37)36(30(35)39)21-8-5-19(31)6-9-21)42-29(38)34-20-7-4-18(23(32)13-20)12-17-10-11-33-24-15-26(41-3)25(40-2)14-22(17)24/h4-11,13-16H,12H2,1-3H3,(H,34,38). The lowest BCUT2D eigenvalue weighted by Crippen LogP contribution is -2.38. The molecular formula is C30H24F2N4O6. The van der Waals surface area contributed by atoms with Gasteiger partial charge in [-0.3, -0.25) is 19.7 Å². The van der Waals surface area contributed by atoms with Crippen LogP contribution in [0.4, 0.5) is 19.3 Å². The molecule has 10 nitrogen and oxygen atoms in total. The van der Waals surface area contributed by atoms with Gasteiger partial charge < -0.3 is 14.2 Å². The first-order valence-electron chi connectivity index (χ1n) is 12.5. The van der Waals surface area contributed by atoms with Crippen molar-refractivity contribution < 1.29 is 27.8 Å². The van der Waals surface area contributed by atoms with Crippen LogP contribution in [-0.4, -0.2) is 34.4 Å². The van der Waals surface area contributed by atoms with Crippen LogP contribution in [-0.2, 0) is 13.5 Å². The van der Waals surface area contributed by atoms with E-state index in [1.165, 1.54) is 45.5 Å². The quantitative estimate of drug-likeness (QED) is 0.303. The number of carbonyl (C=O) groups excluding carboxylic acids is 1. The van der Waals surface area contributed by atoms with E-state index in [-0.39, 0.29) is 17.8 Å². The fraction of sp³-hybridized carbons (Fsp3) is 0.133. The number of rotatable bonds is 7. The molecule has 0 fully saturated rings. The van der Waals surface area contributed by atoms with Gasteiger partial charge in [0.2, 0.25) is 5.75 Å². The number of hydrogen-bond donors (Lipinski definition) is 1. The van der Waals surface area contributed by atoms with E-state index in [9.17, 15) is 18.8 Å². The predicted octanol–water partition coefficient (Wildman–Crippen LogP) is 4.58. The van der Waals surface area contributed by atoms with Crippen molar-refractivity contribution in [2.75, 3.05) is 19.5 Å². The maximum atomic E-state index is 15.1. The minimum Gasteiger partial charge on any atom is -0.493 e. The molecule has 1 amide bonds. The molecule has 0 aliphatic heterocycles. The zero-order valence-electron chi connectivity index (χ0n) is 22.7. The molecule has 2 heterocycles. The Morgan fingerprint density at radius 1 is 0.905 bits per heavy atom. The maximum absolute atomic E-state index is 15.1. The highest BCUT2D eigenvalue weighted by molar-refractivity contribution is 5.87. The molecule has 0 saturated heterocycles. The predicted molar refractivity (Wildman–Crippen MR) is 151 cm³/mol. The minimum atomic E-state index is -1.08. The third-order valence-corrected chi connectivity index (χ3v) is 6.52. The summed E-state index contributed by atoms with van der Waals surface area (Å²) in [5, 5.41) is 3.15. The number of benzene rings is 3. The van der Waals surface area contributed by atoms with Gasteiger partial charge in [0.1, 0.15) is 11.6 Å². The molecule has 0 radical (unpaired) electrons. The molecule has 42 heavy (non-hydrogen) atoms. The van der Waals surface area contributed by atoms with E-state index in [0.29, 0.717) is 22.6 Å². The van der Waals surface area contributed by atoms with Crippen LogP contribution in [0.5, 0.6) is 17.2 Å². The van der Waals surface area contributed by atoms with Gasteiger partial charge in [-0.2, -0.15) is 0 Å². The minimum absolute atomic E-state index is 0.0796. The normalized spacial score (nSPS) is 10.9. The first kappa shape index (κ1) is 28.0. The number of fused-ring (bicyclic) bond motifs is 1. The van der Waals surface area contributed by atoms with Crippen LogP contribution in [0.1, 0.15) is 11.1 Å². The van der Waals surface area contributed by atoms with E-state index in [1.54, 1.807) is 24.4 Å². The summed E-state index contributed by atoms with van der Waals surface area (Å²) in [7, 11) is 4.41. The van der Waals surface area contributed by atoms with Crippen LogP contribution >= 0.6 is 0 Å². The van der Waals surface area contributed by atoms with Crippen molar-refractivity contribution in [2.24, 2.45) is 7.05 Å². The molecule has 2 aromatic heterocycles. The number of methoxy groups -OCH3 is 2. The topological polar surface area (TPSA) is 114 Å². The summed E-state index contributed by atoms with van der Waals surface area (Å²) in [5.41, 5.74) is 0.324. The fourth-order valence-corrected chi connectivity index (χ4v) is 4.43. The Kier molecular flexibility index (Phi) is 7.69. The molecule has 0 aliphatic rings. The van der Waals surface area contributed by atoms with Gasteiger partial charge in [0.05, 0.1) is 31.6 Å². The van der Waals surface area contributed by atoms with Gasteiger partial charge in [-0.15, -0.1) is 0 Å². The Bertz CT molecular complexity index is 1940. The highest BCUT2D eigenvalue weighted by atomic mass is 19.1. The van der Waals surface area contributed by atoms with Crippen molar-refractivity contribution >= 4 is 22.7 Å². The smallest absolute Gasteiger partial charge is 0.417 e. The number of ether oxygens (including phenoxy) is 3. The maximum Gasteiger partial charge on any atom is 0.417 e. The summed E-state index contributed by atoms with van der Waals surface area (Å²) in [6.07, 6.45) is 1.82. The summed E-state index contributed by atoms with van der Waals surface area (Å²) >= 11 is 0. The van der Waals surface area contributed by atoms with Crippen molar-refractivity contribution in [1.82, 2.24) is 14.1 Å². The number of amides is 1. The third-order valence-electron chi connectivity index (χ3n) is 6.52. The third kappa shape index (κ3) is 5.55. The zero-order valence-corrected chi connectivity index (χ0v) is 22.7. The summed E-state index contributed by atoms with van der Waals surface area (Å²) in [5.74, 6) is -0.564. The molecule has 0 saturated carbocycles. The van der Waals surface area contributed by atoms with Crippen molar-refractivity contribution in [3.63, 3.8) is 0 Å². The second-order valence-corrected chi connectivity index (χ2v) is 9.20. The number of aryl methyl sites for hydroxylation is 1. The average molecular weight is 575 g/mol. The SMILES string of the molecule is COc1cc2nccc(Cc3ccc(NC(=O)Oc4cn(C)c(=O)n(-c5ccc(F)cc5)c4=O)cc3F)c2cc1OC. The number of nitrogens with zero attached hydrogens (tertiary/aromatic N) is 3. The molecule has 3 aromatic carbocycles. The second-order valence-electron chi connectivity index (χ2n) is 9.20. The van der Waals surface area contributed by atoms with E-state index in [0.717, 1.165) is 44.5 Å². The molecule has 0 aliphatic carbocycles. The van der Waals surface area contributed by atoms with Gasteiger partial charge >= 0.3 is 17.3 Å². The van der Waals surface area contributed by atoms with Crippen LogP contribution in [0, 0.1) is 11.6 Å². The Labute approximate surface area is 237 Å². The van der Waals surface area contributed by atoms with Crippen molar-refractivity contribution in [1.29, 1.82) is 0 Å². The highest BCUT2D eigenvalue weighted by Gasteiger charge is 2.17. The van der Waals surface area contributed by atoms with Crippen LogP contribution in [0.3, 0.4) is 0 Å². The van der Waals surface area contributed by atoms with Crippen LogP contribution < -0.4 is 30.8 Å². The molecule has 0 bridgehead atoms. The van der Waals surface area contributed by atoms with E-state index < -0.39 is 34.7 Å². The molecule has 0 unspecified atom stereocenters. The van der Waals surface area contributed by atoms with Crippen molar-refractivity contribution in [3.05, 3.63) is 117 Å². The van der Waals surface area contributed by atoms with E-state index >= 15 is 4.39 Å². The summed E-state index contributed by atoms with van der Waals surface area (Å²) in [4.78, 5) is 42.4. The lowest BCUT2D eigenvalue weighted by molar-refractivity contribution is 0.214. The summed E-state index contributed by atoms with van der Waals surface area (Å²) in [6.45, 7) is 0. The van der Waals surface area contributed by atoms with Crippen LogP contribution in [0.15, 0.2) is 82.6 Å². The fourth-order valence-electron chi connectivity index (χ4n) is 4.43. The average Bonchev–Trinajstić information content (AvgIpc) is 2.97. The lowest BCUT2D eigenvalue weighted by atomic mass is 10.00. The van der Waals surface area contributed by atoms with Gasteiger partial charge in [-0.25, -0.2) is 22.9 Å². The summed E-state index contributed by atoms with van der Waals surface area (Å²) < 4.78 is 46.1. The van der Waals surface area contributed by atoms with Gasteiger partial charge in [0.25, 0.3) is 0 Å². The number of carbonyl (C=O) groups is 1. The number of halogens is 2. The number of nitrogens with one attached hydrogen (secondary N) is 1. The Morgan fingerprint density at radius 2 is 1.62 bits per heavy atom. The Balaban J connectivity index is 1.35. The Morgan fingerprint density at radius 3 is 2.31 bits per heavy atom. The number of anilines is 1.